The summed E-state index contributed by atoms with van der Waals surface area (Å²) in [6.07, 6.45) is 0.222. The fourth-order valence-electron chi connectivity index (χ4n) is 2.24. The number of benzene rings is 1. The summed E-state index contributed by atoms with van der Waals surface area (Å²) >= 11 is 0. The van der Waals surface area contributed by atoms with Gasteiger partial charge in [-0.05, 0) is 18.1 Å². The van der Waals surface area contributed by atoms with E-state index in [-0.39, 0.29) is 11.7 Å². The van der Waals surface area contributed by atoms with Crippen molar-refractivity contribution >= 4 is 0 Å². The molecule has 1 saturated heterocycles. The Labute approximate surface area is 77.5 Å². The van der Waals surface area contributed by atoms with E-state index in [4.69, 9.17) is 9.47 Å². The van der Waals surface area contributed by atoms with Gasteiger partial charge in [0.15, 0.2) is 0 Å². The molecule has 1 aromatic carbocycles. The van der Waals surface area contributed by atoms with E-state index in [1.165, 1.54) is 11.1 Å². The molecule has 1 spiro atoms. The van der Waals surface area contributed by atoms with Crippen molar-refractivity contribution in [3.05, 3.63) is 35.4 Å². The van der Waals surface area contributed by atoms with Gasteiger partial charge in [-0.25, -0.2) is 0 Å². The van der Waals surface area contributed by atoms with Gasteiger partial charge < -0.3 is 9.47 Å². The van der Waals surface area contributed by atoms with Crippen molar-refractivity contribution in [3.8, 4) is 0 Å². The molecule has 3 rings (SSSR count). The van der Waals surface area contributed by atoms with Gasteiger partial charge in [-0.3, -0.25) is 0 Å². The molecule has 13 heavy (non-hydrogen) atoms. The van der Waals surface area contributed by atoms with Gasteiger partial charge >= 0.3 is 0 Å². The lowest BCUT2D eigenvalue weighted by Crippen LogP contribution is -2.46. The van der Waals surface area contributed by atoms with Crippen LogP contribution in [0.3, 0.4) is 0 Å². The highest BCUT2D eigenvalue weighted by Crippen LogP contribution is 2.47. The van der Waals surface area contributed by atoms with Crippen LogP contribution >= 0.6 is 0 Å². The lowest BCUT2D eigenvalue weighted by Gasteiger charge is -2.38. The quantitative estimate of drug-likeness (QED) is 0.602. The highest BCUT2D eigenvalue weighted by Gasteiger charge is 2.49. The highest BCUT2D eigenvalue weighted by atomic mass is 16.6. The van der Waals surface area contributed by atoms with Crippen molar-refractivity contribution in [2.75, 3.05) is 13.2 Å². The molecule has 2 aliphatic rings. The van der Waals surface area contributed by atoms with E-state index in [0.717, 1.165) is 0 Å². The van der Waals surface area contributed by atoms with Gasteiger partial charge in [-0.1, -0.05) is 24.3 Å². The highest BCUT2D eigenvalue weighted by molar-refractivity contribution is 5.39. The second-order valence-electron chi connectivity index (χ2n) is 3.83. The Morgan fingerprint density at radius 1 is 1.31 bits per heavy atom. The molecule has 1 fully saturated rings. The molecule has 0 N–H and O–H groups in total. The van der Waals surface area contributed by atoms with Crippen LogP contribution in [0.4, 0.5) is 0 Å². The molecule has 2 heteroatoms. The van der Waals surface area contributed by atoms with Gasteiger partial charge in [0.1, 0.15) is 5.60 Å². The van der Waals surface area contributed by atoms with E-state index in [0.29, 0.717) is 13.2 Å². The third kappa shape index (κ3) is 0.847. The molecule has 1 unspecified atom stereocenters. The van der Waals surface area contributed by atoms with Crippen LogP contribution < -0.4 is 0 Å². The van der Waals surface area contributed by atoms with Crippen molar-refractivity contribution in [1.29, 1.82) is 0 Å². The van der Waals surface area contributed by atoms with Crippen LogP contribution in [0.5, 0.6) is 0 Å². The lowest BCUT2D eigenvalue weighted by molar-refractivity contribution is -0.222. The SMILES string of the molecule is CC1OC2(COC2)c2ccccc21. The zero-order valence-corrected chi connectivity index (χ0v) is 7.62. The molecule has 2 nitrogen and oxygen atoms in total. The van der Waals surface area contributed by atoms with Crippen molar-refractivity contribution in [2.45, 2.75) is 18.6 Å². The summed E-state index contributed by atoms with van der Waals surface area (Å²) in [5, 5.41) is 0. The Bertz CT molecular complexity index is 342. The smallest absolute Gasteiger partial charge is 0.141 e. The van der Waals surface area contributed by atoms with E-state index in [2.05, 4.69) is 31.2 Å². The first-order chi connectivity index (χ1) is 6.32. The molecular weight excluding hydrogens is 164 g/mol. The number of hydrogen-bond donors (Lipinski definition) is 0. The molecule has 2 aliphatic heterocycles. The second-order valence-corrected chi connectivity index (χ2v) is 3.83. The lowest BCUT2D eigenvalue weighted by atomic mass is 9.90. The van der Waals surface area contributed by atoms with E-state index in [9.17, 15) is 0 Å². The average Bonchev–Trinajstić information content (AvgIpc) is 2.40. The van der Waals surface area contributed by atoms with Crippen molar-refractivity contribution < 1.29 is 9.47 Å². The van der Waals surface area contributed by atoms with E-state index in [1.807, 2.05) is 0 Å². The largest absolute Gasteiger partial charge is 0.375 e. The summed E-state index contributed by atoms with van der Waals surface area (Å²) < 4.78 is 11.2. The third-order valence-corrected chi connectivity index (χ3v) is 2.96. The van der Waals surface area contributed by atoms with E-state index < -0.39 is 0 Å². The zero-order chi connectivity index (χ0) is 8.89. The first-order valence-electron chi connectivity index (χ1n) is 4.67. The molecular formula is C11H12O2. The molecule has 2 heterocycles. The summed E-state index contributed by atoms with van der Waals surface area (Å²) in [6, 6.07) is 8.44. The zero-order valence-electron chi connectivity index (χ0n) is 7.62. The van der Waals surface area contributed by atoms with Crippen LogP contribution in [0.25, 0.3) is 0 Å². The maximum absolute atomic E-state index is 5.93. The molecule has 68 valence electrons. The topological polar surface area (TPSA) is 18.5 Å². The maximum atomic E-state index is 5.93. The Morgan fingerprint density at radius 2 is 2.08 bits per heavy atom. The van der Waals surface area contributed by atoms with Crippen LogP contribution in [-0.2, 0) is 15.1 Å². The first kappa shape index (κ1) is 7.54. The third-order valence-electron chi connectivity index (χ3n) is 2.96. The fraction of sp³-hybridized carbons (Fsp3) is 0.455. The van der Waals surface area contributed by atoms with Crippen LogP contribution in [-0.4, -0.2) is 13.2 Å². The first-order valence-corrected chi connectivity index (χ1v) is 4.67. The molecule has 0 aliphatic carbocycles. The number of rotatable bonds is 0. The predicted octanol–water partition coefficient (Wildman–Crippen LogP) is 2.00. The van der Waals surface area contributed by atoms with Crippen LogP contribution in [0.2, 0.25) is 0 Å². The minimum Gasteiger partial charge on any atom is -0.375 e. The Hall–Kier alpha value is -0.860. The molecule has 1 aromatic rings. The van der Waals surface area contributed by atoms with E-state index in [1.54, 1.807) is 0 Å². The maximum Gasteiger partial charge on any atom is 0.141 e. The summed E-state index contributed by atoms with van der Waals surface area (Å²) in [5.74, 6) is 0. The summed E-state index contributed by atoms with van der Waals surface area (Å²) in [5.41, 5.74) is 2.55. The van der Waals surface area contributed by atoms with Crippen molar-refractivity contribution in [1.82, 2.24) is 0 Å². The molecule has 0 saturated carbocycles. The molecule has 0 radical (unpaired) electrons. The normalized spacial score (nSPS) is 28.5. The summed E-state index contributed by atoms with van der Waals surface area (Å²) in [6.45, 7) is 3.54. The van der Waals surface area contributed by atoms with Gasteiger partial charge in [0.05, 0.1) is 19.3 Å². The molecule has 0 bridgehead atoms. The monoisotopic (exact) mass is 176 g/mol. The van der Waals surface area contributed by atoms with Crippen LogP contribution in [0.1, 0.15) is 24.2 Å². The van der Waals surface area contributed by atoms with Gasteiger partial charge in [-0.2, -0.15) is 0 Å². The summed E-state index contributed by atoms with van der Waals surface area (Å²) in [7, 11) is 0. The molecule has 0 aromatic heterocycles. The van der Waals surface area contributed by atoms with Gasteiger partial charge in [-0.15, -0.1) is 0 Å². The van der Waals surface area contributed by atoms with Crippen LogP contribution in [0, 0.1) is 0 Å². The van der Waals surface area contributed by atoms with Crippen LogP contribution in [0.15, 0.2) is 24.3 Å². The number of hydrogen-bond acceptors (Lipinski definition) is 2. The minimum absolute atomic E-state index is 0.101. The van der Waals surface area contributed by atoms with Gasteiger partial charge in [0.25, 0.3) is 0 Å². The summed E-state index contributed by atoms with van der Waals surface area (Å²) in [4.78, 5) is 0. The Morgan fingerprint density at radius 3 is 2.77 bits per heavy atom. The van der Waals surface area contributed by atoms with E-state index >= 15 is 0 Å². The Kier molecular flexibility index (Phi) is 1.35. The predicted molar refractivity (Wildman–Crippen MR) is 48.4 cm³/mol. The van der Waals surface area contributed by atoms with Crippen molar-refractivity contribution in [3.63, 3.8) is 0 Å². The number of fused-ring (bicyclic) bond motifs is 2. The average molecular weight is 176 g/mol. The molecule has 0 amide bonds. The second kappa shape index (κ2) is 2.34. The number of ether oxygens (including phenoxy) is 2. The van der Waals surface area contributed by atoms with Gasteiger partial charge in [0, 0.05) is 0 Å². The van der Waals surface area contributed by atoms with Gasteiger partial charge in [0.2, 0.25) is 0 Å². The van der Waals surface area contributed by atoms with Crippen molar-refractivity contribution in [2.24, 2.45) is 0 Å². The molecule has 1 atom stereocenters. The minimum atomic E-state index is -0.101. The Balaban J connectivity index is 2.15. The standard InChI is InChI=1S/C11H12O2/c1-8-9-4-2-3-5-10(9)11(13-8)6-12-7-11/h2-5,8H,6-7H2,1H3. The fourth-order valence-corrected chi connectivity index (χ4v) is 2.24.